The van der Waals surface area contributed by atoms with Crippen LogP contribution < -0.4 is 0 Å². The summed E-state index contributed by atoms with van der Waals surface area (Å²) in [6.07, 6.45) is 1.51. The highest BCUT2D eigenvalue weighted by atomic mass is 79.9. The number of hydrogen-bond donors (Lipinski definition) is 0. The van der Waals surface area contributed by atoms with Crippen molar-refractivity contribution in [3.05, 3.63) is 33.6 Å². The van der Waals surface area contributed by atoms with Crippen molar-refractivity contribution in [3.8, 4) is 11.5 Å². The first-order valence-electron chi connectivity index (χ1n) is 5.04. The number of nitrogens with zero attached hydrogens (tertiary/aromatic N) is 2. The van der Waals surface area contributed by atoms with Gasteiger partial charge in [0.2, 0.25) is 11.8 Å². The zero-order valence-electron chi connectivity index (χ0n) is 8.79. The van der Waals surface area contributed by atoms with Gasteiger partial charge in [-0.1, -0.05) is 11.6 Å². The fourth-order valence-corrected chi connectivity index (χ4v) is 2.06. The Hall–Kier alpha value is -0.580. The highest BCUT2D eigenvalue weighted by Gasteiger charge is 2.11. The molecule has 2 aromatic rings. The number of alkyl halides is 1. The van der Waals surface area contributed by atoms with Gasteiger partial charge in [0.25, 0.3) is 0 Å². The van der Waals surface area contributed by atoms with Gasteiger partial charge in [-0.3, -0.25) is 0 Å². The standard InChI is InChI=1S/C11H9BrCl2N2O/c12-9-4-3-7(14)6-8(9)11-16-15-10(17-11)2-1-5-13/h3-4,6H,1-2,5H2. The van der Waals surface area contributed by atoms with Gasteiger partial charge in [-0.2, -0.15) is 0 Å². The topological polar surface area (TPSA) is 38.9 Å². The molecular weight excluding hydrogens is 327 g/mol. The summed E-state index contributed by atoms with van der Waals surface area (Å²) in [6.45, 7) is 0. The van der Waals surface area contributed by atoms with E-state index < -0.39 is 0 Å². The van der Waals surface area contributed by atoms with Crippen LogP contribution in [0, 0.1) is 0 Å². The van der Waals surface area contributed by atoms with Gasteiger partial charge < -0.3 is 4.42 Å². The number of aromatic nitrogens is 2. The Morgan fingerprint density at radius 3 is 2.88 bits per heavy atom. The average Bonchev–Trinajstić information content (AvgIpc) is 2.78. The number of aryl methyl sites for hydroxylation is 1. The molecule has 1 aromatic carbocycles. The van der Waals surface area contributed by atoms with E-state index in [9.17, 15) is 0 Å². The van der Waals surface area contributed by atoms with Crippen LogP contribution >= 0.6 is 39.1 Å². The van der Waals surface area contributed by atoms with Crippen LogP contribution in [0.1, 0.15) is 12.3 Å². The van der Waals surface area contributed by atoms with Crippen molar-refractivity contribution in [3.63, 3.8) is 0 Å². The summed E-state index contributed by atoms with van der Waals surface area (Å²) in [7, 11) is 0. The molecule has 2 rings (SSSR count). The van der Waals surface area contributed by atoms with Crippen LogP contribution in [-0.2, 0) is 6.42 Å². The van der Waals surface area contributed by atoms with E-state index in [-0.39, 0.29) is 0 Å². The monoisotopic (exact) mass is 334 g/mol. The zero-order valence-corrected chi connectivity index (χ0v) is 11.9. The van der Waals surface area contributed by atoms with E-state index in [1.165, 1.54) is 0 Å². The van der Waals surface area contributed by atoms with E-state index in [1.807, 2.05) is 6.07 Å². The molecule has 1 aromatic heterocycles. The zero-order chi connectivity index (χ0) is 12.3. The Bertz CT molecular complexity index is 516. The fourth-order valence-electron chi connectivity index (χ4n) is 1.34. The second-order valence-corrected chi connectivity index (χ2v) is 5.09. The molecule has 0 aliphatic rings. The predicted molar refractivity (Wildman–Crippen MR) is 71.5 cm³/mol. The third kappa shape index (κ3) is 3.21. The Kier molecular flexibility index (Phi) is 4.42. The molecule has 17 heavy (non-hydrogen) atoms. The summed E-state index contributed by atoms with van der Waals surface area (Å²) in [5.41, 5.74) is 0.794. The molecule has 0 spiro atoms. The molecule has 0 fully saturated rings. The summed E-state index contributed by atoms with van der Waals surface area (Å²) in [6, 6.07) is 5.42. The van der Waals surface area contributed by atoms with E-state index in [4.69, 9.17) is 27.6 Å². The third-order valence-electron chi connectivity index (χ3n) is 2.15. The molecule has 6 heteroatoms. The van der Waals surface area contributed by atoms with E-state index in [1.54, 1.807) is 12.1 Å². The number of hydrogen-bond acceptors (Lipinski definition) is 3. The van der Waals surface area contributed by atoms with Gasteiger partial charge in [-0.15, -0.1) is 21.8 Å². The molecule has 0 aliphatic carbocycles. The molecule has 0 atom stereocenters. The first-order chi connectivity index (χ1) is 8.20. The van der Waals surface area contributed by atoms with Gasteiger partial charge >= 0.3 is 0 Å². The van der Waals surface area contributed by atoms with Crippen LogP contribution in [0.4, 0.5) is 0 Å². The van der Waals surface area contributed by atoms with Gasteiger partial charge in [0.15, 0.2) is 0 Å². The van der Waals surface area contributed by atoms with Crippen LogP contribution in [0.3, 0.4) is 0 Å². The summed E-state index contributed by atoms with van der Waals surface area (Å²) in [5, 5.41) is 8.58. The van der Waals surface area contributed by atoms with E-state index in [0.717, 1.165) is 16.5 Å². The minimum Gasteiger partial charge on any atom is -0.421 e. The van der Waals surface area contributed by atoms with Gasteiger partial charge in [-0.05, 0) is 40.5 Å². The number of rotatable bonds is 4. The van der Waals surface area contributed by atoms with Crippen molar-refractivity contribution >= 4 is 39.1 Å². The fraction of sp³-hybridized carbons (Fsp3) is 0.273. The van der Waals surface area contributed by atoms with Gasteiger partial charge in [0.1, 0.15) is 0 Å². The molecule has 0 unspecified atom stereocenters. The van der Waals surface area contributed by atoms with Crippen LogP contribution in [0.15, 0.2) is 27.1 Å². The maximum absolute atomic E-state index is 5.93. The summed E-state index contributed by atoms with van der Waals surface area (Å²) in [5.74, 6) is 1.63. The molecule has 0 radical (unpaired) electrons. The van der Waals surface area contributed by atoms with Gasteiger partial charge in [-0.25, -0.2) is 0 Å². The molecule has 0 saturated carbocycles. The van der Waals surface area contributed by atoms with Crippen LogP contribution in [0.2, 0.25) is 5.02 Å². The Morgan fingerprint density at radius 2 is 2.12 bits per heavy atom. The third-order valence-corrected chi connectivity index (χ3v) is 3.34. The minimum absolute atomic E-state index is 0.462. The molecule has 0 aliphatic heterocycles. The average molecular weight is 336 g/mol. The van der Waals surface area contributed by atoms with E-state index >= 15 is 0 Å². The first-order valence-corrected chi connectivity index (χ1v) is 6.75. The molecule has 3 nitrogen and oxygen atoms in total. The lowest BCUT2D eigenvalue weighted by atomic mass is 10.2. The summed E-state index contributed by atoms with van der Waals surface area (Å²) < 4.78 is 6.41. The molecule has 90 valence electrons. The highest BCUT2D eigenvalue weighted by Crippen LogP contribution is 2.30. The Labute approximate surface area is 117 Å². The van der Waals surface area contributed by atoms with Crippen LogP contribution in [0.5, 0.6) is 0 Å². The molecule has 0 amide bonds. The molecule has 0 bridgehead atoms. The lowest BCUT2D eigenvalue weighted by molar-refractivity contribution is 0.502. The van der Waals surface area contributed by atoms with E-state index in [0.29, 0.717) is 29.1 Å². The molecule has 0 saturated heterocycles. The largest absolute Gasteiger partial charge is 0.421 e. The van der Waals surface area contributed by atoms with Gasteiger partial charge in [0, 0.05) is 21.8 Å². The maximum Gasteiger partial charge on any atom is 0.248 e. The normalized spacial score (nSPS) is 10.8. The van der Waals surface area contributed by atoms with Crippen molar-refractivity contribution < 1.29 is 4.42 Å². The highest BCUT2D eigenvalue weighted by molar-refractivity contribution is 9.10. The van der Waals surface area contributed by atoms with Crippen LogP contribution in [0.25, 0.3) is 11.5 Å². The molecular formula is C11H9BrCl2N2O. The lowest BCUT2D eigenvalue weighted by Gasteiger charge is -1.99. The minimum atomic E-state index is 0.462. The van der Waals surface area contributed by atoms with Crippen molar-refractivity contribution in [1.29, 1.82) is 0 Å². The Morgan fingerprint density at radius 1 is 1.29 bits per heavy atom. The first kappa shape index (κ1) is 12.9. The second-order valence-electron chi connectivity index (χ2n) is 3.42. The van der Waals surface area contributed by atoms with Crippen molar-refractivity contribution in [1.82, 2.24) is 10.2 Å². The quantitative estimate of drug-likeness (QED) is 0.781. The van der Waals surface area contributed by atoms with Crippen LogP contribution in [-0.4, -0.2) is 16.1 Å². The lowest BCUT2D eigenvalue weighted by Crippen LogP contribution is -1.85. The number of benzene rings is 1. The predicted octanol–water partition coefficient (Wildman–Crippen LogP) is 4.32. The second kappa shape index (κ2) is 5.85. The smallest absolute Gasteiger partial charge is 0.248 e. The van der Waals surface area contributed by atoms with Crippen molar-refractivity contribution in [2.24, 2.45) is 0 Å². The van der Waals surface area contributed by atoms with E-state index in [2.05, 4.69) is 26.1 Å². The Balaban J connectivity index is 2.27. The number of halogens is 3. The molecule has 1 heterocycles. The summed E-state index contributed by atoms with van der Waals surface area (Å²) >= 11 is 15.0. The molecule has 0 N–H and O–H groups in total. The summed E-state index contributed by atoms with van der Waals surface area (Å²) in [4.78, 5) is 0. The van der Waals surface area contributed by atoms with Crippen molar-refractivity contribution in [2.45, 2.75) is 12.8 Å². The maximum atomic E-state index is 5.93. The van der Waals surface area contributed by atoms with Crippen molar-refractivity contribution in [2.75, 3.05) is 5.88 Å². The SMILES string of the molecule is ClCCCc1nnc(-c2cc(Cl)ccc2Br)o1. The van der Waals surface area contributed by atoms with Gasteiger partial charge in [0.05, 0.1) is 5.56 Å².